The lowest BCUT2D eigenvalue weighted by molar-refractivity contribution is -0.122. The maximum Gasteiger partial charge on any atom is 0.257 e. The summed E-state index contributed by atoms with van der Waals surface area (Å²) in [5.41, 5.74) is 4.87. The molecule has 128 valence electrons. The summed E-state index contributed by atoms with van der Waals surface area (Å²) in [6.07, 6.45) is 0. The summed E-state index contributed by atoms with van der Waals surface area (Å²) in [6.45, 7) is 6.85. The molecule has 0 radical (unpaired) electrons. The fraction of sp³-hybridized carbons (Fsp3) is 0.350. The first-order valence-electron chi connectivity index (χ1n) is 8.14. The highest BCUT2D eigenvalue weighted by Gasteiger charge is 2.03. The van der Waals surface area contributed by atoms with Crippen molar-refractivity contribution in [2.75, 3.05) is 18.9 Å². The molecule has 2 aromatic carbocycles. The molecule has 0 saturated heterocycles. The molecule has 0 aromatic heterocycles. The van der Waals surface area contributed by atoms with Crippen molar-refractivity contribution in [3.05, 3.63) is 64.7 Å². The Labute approximate surface area is 148 Å². The molecule has 1 amide bonds. The van der Waals surface area contributed by atoms with E-state index in [0.717, 1.165) is 28.4 Å². The highest BCUT2D eigenvalue weighted by molar-refractivity contribution is 7.98. The highest BCUT2D eigenvalue weighted by Crippen LogP contribution is 2.16. The summed E-state index contributed by atoms with van der Waals surface area (Å²) >= 11 is 1.82. The molecule has 0 spiro atoms. The number of aryl methyl sites for hydroxylation is 3. The van der Waals surface area contributed by atoms with Gasteiger partial charge in [-0.15, -0.1) is 0 Å². The van der Waals surface area contributed by atoms with Gasteiger partial charge in [0.15, 0.2) is 6.61 Å². The minimum absolute atomic E-state index is 0.0610. The van der Waals surface area contributed by atoms with Crippen molar-refractivity contribution in [1.82, 2.24) is 5.32 Å². The number of benzene rings is 2. The monoisotopic (exact) mass is 343 g/mol. The van der Waals surface area contributed by atoms with Crippen LogP contribution in [0, 0.1) is 20.8 Å². The van der Waals surface area contributed by atoms with Gasteiger partial charge >= 0.3 is 0 Å². The van der Waals surface area contributed by atoms with Crippen LogP contribution in [-0.2, 0) is 10.5 Å². The first-order chi connectivity index (χ1) is 11.5. The Kier molecular flexibility index (Phi) is 7.19. The summed E-state index contributed by atoms with van der Waals surface area (Å²) in [5.74, 6) is 2.53. The SMILES string of the molecule is Cc1ccc(CSCCNC(=O)COc2cc(C)cc(C)c2)cc1. The van der Waals surface area contributed by atoms with Crippen LogP contribution in [0.2, 0.25) is 0 Å². The Morgan fingerprint density at radius 2 is 1.67 bits per heavy atom. The molecule has 4 heteroatoms. The zero-order valence-corrected chi connectivity index (χ0v) is 15.4. The number of carbonyl (C=O) groups excluding carboxylic acids is 1. The first-order valence-corrected chi connectivity index (χ1v) is 9.29. The second kappa shape index (κ2) is 9.38. The van der Waals surface area contributed by atoms with Crippen LogP contribution >= 0.6 is 11.8 Å². The third kappa shape index (κ3) is 6.67. The van der Waals surface area contributed by atoms with Crippen LogP contribution in [0.1, 0.15) is 22.3 Å². The van der Waals surface area contributed by atoms with Crippen LogP contribution < -0.4 is 10.1 Å². The van der Waals surface area contributed by atoms with Crippen molar-refractivity contribution in [2.24, 2.45) is 0 Å². The molecule has 2 rings (SSSR count). The zero-order chi connectivity index (χ0) is 17.4. The van der Waals surface area contributed by atoms with E-state index < -0.39 is 0 Å². The van der Waals surface area contributed by atoms with E-state index in [1.54, 1.807) is 0 Å². The number of hydrogen-bond acceptors (Lipinski definition) is 3. The molecule has 24 heavy (non-hydrogen) atoms. The Morgan fingerprint density at radius 3 is 2.33 bits per heavy atom. The quantitative estimate of drug-likeness (QED) is 0.735. The maximum atomic E-state index is 11.8. The fourth-order valence-electron chi connectivity index (χ4n) is 2.35. The second-order valence-corrected chi connectivity index (χ2v) is 7.11. The first kappa shape index (κ1) is 18.4. The number of rotatable bonds is 8. The lowest BCUT2D eigenvalue weighted by Crippen LogP contribution is -2.30. The van der Waals surface area contributed by atoms with Gasteiger partial charge in [0.1, 0.15) is 5.75 Å². The molecule has 0 saturated carbocycles. The van der Waals surface area contributed by atoms with Crippen molar-refractivity contribution in [1.29, 1.82) is 0 Å². The average Bonchev–Trinajstić information content (AvgIpc) is 2.53. The molecule has 0 bridgehead atoms. The van der Waals surface area contributed by atoms with E-state index in [2.05, 4.69) is 42.6 Å². The van der Waals surface area contributed by atoms with Gasteiger partial charge in [-0.2, -0.15) is 11.8 Å². The molecule has 0 aliphatic carbocycles. The van der Waals surface area contributed by atoms with E-state index in [1.807, 2.05) is 37.7 Å². The van der Waals surface area contributed by atoms with Crippen LogP contribution in [0.4, 0.5) is 0 Å². The molecule has 0 fully saturated rings. The third-order valence-electron chi connectivity index (χ3n) is 3.52. The number of thioether (sulfide) groups is 1. The summed E-state index contributed by atoms with van der Waals surface area (Å²) in [7, 11) is 0. The lowest BCUT2D eigenvalue weighted by atomic mass is 10.1. The van der Waals surface area contributed by atoms with E-state index in [-0.39, 0.29) is 12.5 Å². The fourth-order valence-corrected chi connectivity index (χ4v) is 3.17. The standard InChI is InChI=1S/C20H25NO2S/c1-15-4-6-18(7-5-15)14-24-9-8-21-20(22)13-23-19-11-16(2)10-17(3)12-19/h4-7,10-12H,8-9,13-14H2,1-3H3,(H,21,22). The third-order valence-corrected chi connectivity index (χ3v) is 4.55. The largest absolute Gasteiger partial charge is 0.484 e. The molecule has 0 aliphatic heterocycles. The van der Waals surface area contributed by atoms with Crippen LogP contribution in [0.15, 0.2) is 42.5 Å². The van der Waals surface area contributed by atoms with Gasteiger partial charge in [0.2, 0.25) is 0 Å². The summed E-state index contributed by atoms with van der Waals surface area (Å²) in [4.78, 5) is 11.8. The van der Waals surface area contributed by atoms with E-state index in [4.69, 9.17) is 4.74 Å². The van der Waals surface area contributed by atoms with Crippen LogP contribution in [-0.4, -0.2) is 24.8 Å². The van der Waals surface area contributed by atoms with Gasteiger partial charge in [0.25, 0.3) is 5.91 Å². The molecule has 0 atom stereocenters. The van der Waals surface area contributed by atoms with Crippen LogP contribution in [0.5, 0.6) is 5.75 Å². The minimum atomic E-state index is -0.0786. The predicted octanol–water partition coefficient (Wildman–Crippen LogP) is 4.04. The normalized spacial score (nSPS) is 10.5. The Balaban J connectivity index is 1.60. The highest BCUT2D eigenvalue weighted by atomic mass is 32.2. The van der Waals surface area contributed by atoms with Gasteiger partial charge in [0.05, 0.1) is 0 Å². The second-order valence-electron chi connectivity index (χ2n) is 6.00. The van der Waals surface area contributed by atoms with E-state index >= 15 is 0 Å². The molecular weight excluding hydrogens is 318 g/mol. The van der Waals surface area contributed by atoms with Gasteiger partial charge in [0, 0.05) is 18.1 Å². The number of nitrogens with one attached hydrogen (secondary N) is 1. The molecular formula is C20H25NO2S. The van der Waals surface area contributed by atoms with Gasteiger partial charge < -0.3 is 10.1 Å². The van der Waals surface area contributed by atoms with Crippen molar-refractivity contribution in [3.63, 3.8) is 0 Å². The van der Waals surface area contributed by atoms with Crippen LogP contribution in [0.3, 0.4) is 0 Å². The van der Waals surface area contributed by atoms with Gasteiger partial charge in [-0.3, -0.25) is 4.79 Å². The molecule has 3 nitrogen and oxygen atoms in total. The lowest BCUT2D eigenvalue weighted by Gasteiger charge is -2.09. The molecule has 1 N–H and O–H groups in total. The summed E-state index contributed by atoms with van der Waals surface area (Å²) in [5, 5.41) is 2.89. The molecule has 0 aliphatic rings. The number of carbonyl (C=O) groups is 1. The van der Waals surface area contributed by atoms with E-state index in [0.29, 0.717) is 6.54 Å². The average molecular weight is 343 g/mol. The van der Waals surface area contributed by atoms with Crippen LogP contribution in [0.25, 0.3) is 0 Å². The molecule has 0 heterocycles. The van der Waals surface area contributed by atoms with Gasteiger partial charge in [-0.1, -0.05) is 35.9 Å². The van der Waals surface area contributed by atoms with Gasteiger partial charge in [-0.25, -0.2) is 0 Å². The van der Waals surface area contributed by atoms with Gasteiger partial charge in [-0.05, 0) is 49.6 Å². The Hall–Kier alpha value is -1.94. The van der Waals surface area contributed by atoms with E-state index in [9.17, 15) is 4.79 Å². The van der Waals surface area contributed by atoms with Crippen molar-refractivity contribution >= 4 is 17.7 Å². The Bertz CT molecular complexity index is 648. The number of amides is 1. The van der Waals surface area contributed by atoms with Crippen molar-refractivity contribution in [2.45, 2.75) is 26.5 Å². The van der Waals surface area contributed by atoms with Crippen molar-refractivity contribution < 1.29 is 9.53 Å². The van der Waals surface area contributed by atoms with E-state index in [1.165, 1.54) is 11.1 Å². The van der Waals surface area contributed by atoms with Crippen molar-refractivity contribution in [3.8, 4) is 5.75 Å². The smallest absolute Gasteiger partial charge is 0.257 e. The maximum absolute atomic E-state index is 11.8. The molecule has 2 aromatic rings. The molecule has 0 unspecified atom stereocenters. The number of ether oxygens (including phenoxy) is 1. The predicted molar refractivity (Wildman–Crippen MR) is 102 cm³/mol. The topological polar surface area (TPSA) is 38.3 Å². The summed E-state index contributed by atoms with van der Waals surface area (Å²) < 4.78 is 5.55. The zero-order valence-electron chi connectivity index (χ0n) is 14.6. The summed E-state index contributed by atoms with van der Waals surface area (Å²) in [6, 6.07) is 14.5. The number of hydrogen-bond donors (Lipinski definition) is 1. The minimum Gasteiger partial charge on any atom is -0.484 e. The Morgan fingerprint density at radius 1 is 1.00 bits per heavy atom.